The van der Waals surface area contributed by atoms with Crippen molar-refractivity contribution in [3.63, 3.8) is 0 Å². The number of hydrogen-bond acceptors (Lipinski definition) is 7. The molecule has 1 atom stereocenters. The molecule has 0 fully saturated rings. The fourth-order valence-electron chi connectivity index (χ4n) is 0. The fourth-order valence-corrected chi connectivity index (χ4v) is 0. The molecule has 0 amide bonds. The Morgan fingerprint density at radius 1 is 0.947 bits per heavy atom. The predicted octanol–water partition coefficient (Wildman–Crippen LogP) is -4.37. The summed E-state index contributed by atoms with van der Waals surface area (Å²) in [6, 6.07) is 0. The van der Waals surface area contributed by atoms with Gasteiger partial charge in [0, 0.05) is 5.47 Å². The van der Waals surface area contributed by atoms with Crippen LogP contribution in [0.2, 0.25) is 0 Å². The maximum Gasteiger partial charge on any atom is 1.00 e. The molecule has 0 radical (unpaired) electrons. The van der Waals surface area contributed by atoms with Crippen molar-refractivity contribution in [1.82, 2.24) is 0 Å². The molecule has 14 heteroatoms. The summed E-state index contributed by atoms with van der Waals surface area (Å²) < 4.78 is 0. The van der Waals surface area contributed by atoms with E-state index in [1.807, 2.05) is 0 Å². The van der Waals surface area contributed by atoms with Crippen molar-refractivity contribution in [2.24, 2.45) is 0 Å². The van der Waals surface area contributed by atoms with E-state index in [9.17, 15) is 0 Å². The molecule has 0 aliphatic heterocycles. The molecule has 0 aliphatic rings. The summed E-state index contributed by atoms with van der Waals surface area (Å²) in [5.74, 6) is -5.90. The van der Waals surface area contributed by atoms with Gasteiger partial charge in [-0.3, -0.25) is 0 Å². The van der Waals surface area contributed by atoms with Gasteiger partial charge in [0.05, 0.1) is 5.81 Å². The van der Waals surface area contributed by atoms with Crippen LogP contribution >= 0.6 is 5.47 Å². The van der Waals surface area contributed by atoms with Gasteiger partial charge in [0.2, 0.25) is 0 Å². The van der Waals surface area contributed by atoms with Gasteiger partial charge < -0.3 is 37.6 Å². The molecule has 0 aromatic heterocycles. The summed E-state index contributed by atoms with van der Waals surface area (Å²) in [5, 5.41) is 37.3. The predicted molar refractivity (Wildman–Crippen MR) is 60.0 cm³/mol. The van der Waals surface area contributed by atoms with Gasteiger partial charge in [-0.1, -0.05) is 11.8 Å². The normalized spacial score (nSPS) is 10.4. The van der Waals surface area contributed by atoms with Gasteiger partial charge in [-0.25, -0.2) is 19.2 Å². The molecule has 0 aliphatic carbocycles. The van der Waals surface area contributed by atoms with Crippen LogP contribution < -0.4 is 51.4 Å². The minimum atomic E-state index is -2.92. The van der Waals surface area contributed by atoms with E-state index in [-0.39, 0.29) is 51.4 Å². The molecule has 0 rings (SSSR count). The van der Waals surface area contributed by atoms with E-state index in [0.29, 0.717) is 0 Å². The molecule has 5 N–H and O–H groups in total. The van der Waals surface area contributed by atoms with Crippen LogP contribution in [-0.4, -0.2) is 49.2 Å². The molecular weight excluding hydrogens is 352 g/mol. The maximum absolute atomic E-state index is 9.10. The Labute approximate surface area is 158 Å². The molecule has 0 heterocycles. The van der Waals surface area contributed by atoms with E-state index in [0.717, 1.165) is 0 Å². The summed E-state index contributed by atoms with van der Waals surface area (Å²) >= 11 is 8.21. The van der Waals surface area contributed by atoms with Crippen LogP contribution in [-0.2, 0) is 43.2 Å². The second-order valence-electron chi connectivity index (χ2n) is 1.84. The van der Waals surface area contributed by atoms with Crippen LogP contribution in [0.15, 0.2) is 0 Å². The SMILES string of the molecule is N#CP(O)(=S)[S-].O=C(O)C(=O)O.O=C(O)C(=O)O.[K+]. The van der Waals surface area contributed by atoms with Crippen LogP contribution in [0.5, 0.6) is 0 Å². The topological polar surface area (TPSA) is 193 Å². The molecule has 0 aromatic carbocycles. The Morgan fingerprint density at radius 2 is 1.05 bits per heavy atom. The van der Waals surface area contributed by atoms with E-state index >= 15 is 0 Å². The monoisotopic (exact) mass is 357 g/mol. The Bertz CT molecular complexity index is 379. The quantitative estimate of drug-likeness (QED) is 0.121. The molecule has 0 bridgehead atoms. The smallest absolute Gasteiger partial charge is 0.705 e. The summed E-state index contributed by atoms with van der Waals surface area (Å²) in [6.45, 7) is 0. The first-order valence-corrected chi connectivity index (χ1v) is 6.99. The zero-order valence-corrected chi connectivity index (χ0v) is 14.7. The Kier molecular flexibility index (Phi) is 20.7. The van der Waals surface area contributed by atoms with E-state index in [1.54, 1.807) is 0 Å². The maximum atomic E-state index is 9.10. The van der Waals surface area contributed by atoms with Gasteiger partial charge in [-0.15, -0.1) is 0 Å². The van der Waals surface area contributed by atoms with Crippen LogP contribution in [0, 0.1) is 11.1 Å². The molecule has 1 unspecified atom stereocenters. The van der Waals surface area contributed by atoms with Gasteiger partial charge in [0.1, 0.15) is 0 Å². The number of rotatable bonds is 0. The largest absolute Gasteiger partial charge is 1.00 e. The third kappa shape index (κ3) is 38.1. The first kappa shape index (κ1) is 27.3. The second kappa shape index (κ2) is 14.4. The van der Waals surface area contributed by atoms with Crippen molar-refractivity contribution in [2.45, 2.75) is 0 Å². The number of nitrogens with zero attached hydrogens (tertiary/aromatic N) is 1. The zero-order chi connectivity index (χ0) is 15.5. The average Bonchev–Trinajstić information content (AvgIpc) is 2.18. The van der Waals surface area contributed by atoms with Gasteiger partial charge in [0.25, 0.3) is 0 Å². The number of carbonyl (C=O) groups is 4. The Balaban J connectivity index is -0.0000000865. The number of carboxylic acids is 4. The summed E-state index contributed by atoms with van der Waals surface area (Å²) in [6.07, 6.45) is 0. The molecule has 0 aromatic rings. The molecular formula is C5H5KNO9PS2. The van der Waals surface area contributed by atoms with Gasteiger partial charge in [-0.05, 0) is 0 Å². The number of aliphatic carboxylic acids is 4. The van der Waals surface area contributed by atoms with Crippen LogP contribution in [0.1, 0.15) is 0 Å². The zero-order valence-electron chi connectivity index (χ0n) is 9.08. The first-order valence-electron chi connectivity index (χ1n) is 3.22. The van der Waals surface area contributed by atoms with E-state index in [2.05, 4.69) is 24.1 Å². The standard InChI is InChI=1S/2C2H2O4.CH2NOPS2.K/c2*3-1(4)2(5)6;2-1-4(3,5)6;/h2*(H,3,4)(H,5,6);(H2,3,5,6);/q;;;+1/p-1. The van der Waals surface area contributed by atoms with Gasteiger partial charge in [0.15, 0.2) is 0 Å². The fraction of sp³-hybridized carbons (Fsp3) is 0. The number of nitriles is 1. The van der Waals surface area contributed by atoms with E-state index in [1.165, 1.54) is 5.81 Å². The van der Waals surface area contributed by atoms with Crippen molar-refractivity contribution in [2.75, 3.05) is 0 Å². The van der Waals surface area contributed by atoms with E-state index in [4.69, 9.17) is 49.8 Å². The molecule has 0 saturated carbocycles. The Hall–Kier alpha value is -0.0336. The molecule has 19 heavy (non-hydrogen) atoms. The third-order valence-electron chi connectivity index (χ3n) is 0.492. The van der Waals surface area contributed by atoms with Gasteiger partial charge >= 0.3 is 75.3 Å². The average molecular weight is 357 g/mol. The minimum Gasteiger partial charge on any atom is -0.705 e. The summed E-state index contributed by atoms with van der Waals surface area (Å²) in [7, 11) is 0. The van der Waals surface area contributed by atoms with E-state index < -0.39 is 29.3 Å². The molecule has 0 spiro atoms. The third-order valence-corrected chi connectivity index (χ3v) is 1.23. The number of carboxylic acid groups (broad SMARTS) is 4. The van der Waals surface area contributed by atoms with Crippen LogP contribution in [0.3, 0.4) is 0 Å². The van der Waals surface area contributed by atoms with Crippen molar-refractivity contribution >= 4 is 53.4 Å². The number of hydrogen-bond donors (Lipinski definition) is 5. The summed E-state index contributed by atoms with van der Waals surface area (Å²) in [4.78, 5) is 44.6. The van der Waals surface area contributed by atoms with Crippen molar-refractivity contribution < 1.29 is 95.9 Å². The Morgan fingerprint density at radius 3 is 1.05 bits per heavy atom. The molecule has 10 nitrogen and oxygen atoms in total. The first-order chi connectivity index (χ1) is 7.85. The van der Waals surface area contributed by atoms with Crippen LogP contribution in [0.25, 0.3) is 0 Å². The van der Waals surface area contributed by atoms with Gasteiger partial charge in [-0.2, -0.15) is 5.26 Å². The molecule has 102 valence electrons. The van der Waals surface area contributed by atoms with Crippen molar-refractivity contribution in [3.8, 4) is 5.81 Å². The minimum absolute atomic E-state index is 0. The molecule has 0 saturated heterocycles. The van der Waals surface area contributed by atoms with Crippen molar-refractivity contribution in [3.05, 3.63) is 0 Å². The summed E-state index contributed by atoms with van der Waals surface area (Å²) in [5.41, 5.74) is -2.92. The second-order valence-corrected chi connectivity index (χ2v) is 6.95. The van der Waals surface area contributed by atoms with Crippen LogP contribution in [0.4, 0.5) is 0 Å². The van der Waals surface area contributed by atoms with Crippen molar-refractivity contribution in [1.29, 1.82) is 5.26 Å².